The molecule has 3 rings (SSSR count). The van der Waals surface area contributed by atoms with Crippen molar-refractivity contribution in [3.05, 3.63) is 47.8 Å². The number of fused-ring (bicyclic) bond motifs is 1. The first kappa shape index (κ1) is 16.1. The third-order valence-corrected chi connectivity index (χ3v) is 4.09. The van der Waals surface area contributed by atoms with Gasteiger partial charge in [0, 0.05) is 18.8 Å². The highest BCUT2D eigenvalue weighted by atomic mass is 16.6. The van der Waals surface area contributed by atoms with Gasteiger partial charge in [0.25, 0.3) is 5.91 Å². The molecule has 24 heavy (non-hydrogen) atoms. The van der Waals surface area contributed by atoms with E-state index in [1.54, 1.807) is 37.4 Å². The molecular formula is C18H20N2O4. The van der Waals surface area contributed by atoms with Gasteiger partial charge < -0.3 is 19.1 Å². The molecule has 0 N–H and O–H groups in total. The summed E-state index contributed by atoms with van der Waals surface area (Å²) < 4.78 is 16.5. The minimum absolute atomic E-state index is 0.136. The number of rotatable bonds is 4. The maximum Gasteiger partial charge on any atom is 0.254 e. The van der Waals surface area contributed by atoms with E-state index in [0.717, 1.165) is 5.69 Å². The molecule has 1 atom stereocenters. The van der Waals surface area contributed by atoms with Crippen LogP contribution in [0, 0.1) is 0 Å². The van der Waals surface area contributed by atoms with Crippen molar-refractivity contribution in [1.29, 1.82) is 0 Å². The van der Waals surface area contributed by atoms with E-state index >= 15 is 0 Å². The average molecular weight is 328 g/mol. The Morgan fingerprint density at radius 2 is 2.08 bits per heavy atom. The first-order valence-corrected chi connectivity index (χ1v) is 7.77. The third kappa shape index (κ3) is 2.99. The predicted molar refractivity (Wildman–Crippen MR) is 88.7 cm³/mol. The fraction of sp³-hybridized carbons (Fsp3) is 0.333. The van der Waals surface area contributed by atoms with E-state index in [2.05, 4.69) is 4.98 Å². The van der Waals surface area contributed by atoms with E-state index in [9.17, 15) is 4.79 Å². The second-order valence-corrected chi connectivity index (χ2v) is 5.55. The lowest BCUT2D eigenvalue weighted by molar-refractivity contribution is 0.0738. The van der Waals surface area contributed by atoms with Crippen LogP contribution in [0.15, 0.2) is 36.5 Å². The summed E-state index contributed by atoms with van der Waals surface area (Å²) in [5, 5.41) is 0. The van der Waals surface area contributed by atoms with E-state index in [1.807, 2.05) is 25.1 Å². The van der Waals surface area contributed by atoms with Crippen molar-refractivity contribution in [3.8, 4) is 17.2 Å². The SMILES string of the molecule is COc1cc(C(=O)N(C)C(C)c2ccccn2)cc2c1OCCO2. The maximum absolute atomic E-state index is 12.9. The van der Waals surface area contributed by atoms with Crippen LogP contribution in [0.2, 0.25) is 0 Å². The van der Waals surface area contributed by atoms with Crippen LogP contribution >= 0.6 is 0 Å². The van der Waals surface area contributed by atoms with Crippen LogP contribution in [-0.4, -0.2) is 43.2 Å². The molecular weight excluding hydrogens is 308 g/mol. The molecule has 6 nitrogen and oxygen atoms in total. The number of carbonyl (C=O) groups is 1. The monoisotopic (exact) mass is 328 g/mol. The van der Waals surface area contributed by atoms with Crippen LogP contribution in [-0.2, 0) is 0 Å². The number of hydrogen-bond acceptors (Lipinski definition) is 5. The summed E-state index contributed by atoms with van der Waals surface area (Å²) in [5.74, 6) is 1.43. The van der Waals surface area contributed by atoms with Crippen LogP contribution in [0.5, 0.6) is 17.2 Å². The topological polar surface area (TPSA) is 60.9 Å². The quantitative estimate of drug-likeness (QED) is 0.863. The molecule has 0 fully saturated rings. The van der Waals surface area contributed by atoms with Gasteiger partial charge in [0.15, 0.2) is 11.5 Å². The van der Waals surface area contributed by atoms with E-state index in [-0.39, 0.29) is 11.9 Å². The van der Waals surface area contributed by atoms with E-state index < -0.39 is 0 Å². The highest BCUT2D eigenvalue weighted by molar-refractivity contribution is 5.95. The smallest absolute Gasteiger partial charge is 0.254 e. The fourth-order valence-corrected chi connectivity index (χ4v) is 2.60. The zero-order chi connectivity index (χ0) is 17.1. The number of amides is 1. The van der Waals surface area contributed by atoms with Gasteiger partial charge in [0.2, 0.25) is 5.75 Å². The second kappa shape index (κ2) is 6.78. The van der Waals surface area contributed by atoms with Gasteiger partial charge in [-0.15, -0.1) is 0 Å². The molecule has 0 saturated heterocycles. The first-order valence-electron chi connectivity index (χ1n) is 7.77. The molecule has 1 aliphatic rings. The molecule has 2 heterocycles. The number of ether oxygens (including phenoxy) is 3. The molecule has 0 spiro atoms. The minimum Gasteiger partial charge on any atom is -0.493 e. The van der Waals surface area contributed by atoms with Gasteiger partial charge in [-0.2, -0.15) is 0 Å². The van der Waals surface area contributed by atoms with Gasteiger partial charge in [0.1, 0.15) is 13.2 Å². The summed E-state index contributed by atoms with van der Waals surface area (Å²) in [6.07, 6.45) is 1.72. The van der Waals surface area contributed by atoms with E-state index in [0.29, 0.717) is 36.0 Å². The zero-order valence-electron chi connectivity index (χ0n) is 14.0. The van der Waals surface area contributed by atoms with Crippen LogP contribution in [0.1, 0.15) is 29.0 Å². The Labute approximate surface area is 141 Å². The number of pyridine rings is 1. The standard InChI is InChI=1S/C18H20N2O4/c1-12(14-6-4-5-7-19-14)20(2)18(21)13-10-15(22-3)17-16(11-13)23-8-9-24-17/h4-7,10-12H,8-9H2,1-3H3. The van der Waals surface area contributed by atoms with Crippen LogP contribution in [0.4, 0.5) is 0 Å². The van der Waals surface area contributed by atoms with Crippen molar-refractivity contribution >= 4 is 5.91 Å². The number of aromatic nitrogens is 1. The number of methoxy groups -OCH3 is 1. The second-order valence-electron chi connectivity index (χ2n) is 5.55. The third-order valence-electron chi connectivity index (χ3n) is 4.09. The van der Waals surface area contributed by atoms with Crippen molar-refractivity contribution in [2.24, 2.45) is 0 Å². The Morgan fingerprint density at radius 1 is 1.29 bits per heavy atom. The highest BCUT2D eigenvalue weighted by Crippen LogP contribution is 2.40. The summed E-state index contributed by atoms with van der Waals surface area (Å²) in [6.45, 7) is 2.86. The molecule has 6 heteroatoms. The van der Waals surface area contributed by atoms with Gasteiger partial charge >= 0.3 is 0 Å². The van der Waals surface area contributed by atoms with Gasteiger partial charge in [-0.3, -0.25) is 9.78 Å². The number of nitrogens with zero attached hydrogens (tertiary/aromatic N) is 2. The molecule has 126 valence electrons. The zero-order valence-corrected chi connectivity index (χ0v) is 14.0. The van der Waals surface area contributed by atoms with Gasteiger partial charge in [0.05, 0.1) is 18.8 Å². The molecule has 1 amide bonds. The Kier molecular flexibility index (Phi) is 4.55. The molecule has 0 aliphatic carbocycles. The minimum atomic E-state index is -0.155. The normalized spacial score (nSPS) is 14.0. The van der Waals surface area contributed by atoms with Crippen LogP contribution < -0.4 is 14.2 Å². The Hall–Kier alpha value is -2.76. The van der Waals surface area contributed by atoms with Crippen molar-refractivity contribution in [3.63, 3.8) is 0 Å². The molecule has 0 saturated carbocycles. The Morgan fingerprint density at radius 3 is 2.79 bits per heavy atom. The summed E-state index contributed by atoms with van der Waals surface area (Å²) in [5.41, 5.74) is 1.32. The lowest BCUT2D eigenvalue weighted by Crippen LogP contribution is -2.30. The van der Waals surface area contributed by atoms with Crippen molar-refractivity contribution < 1.29 is 19.0 Å². The molecule has 1 aliphatic heterocycles. The molecule has 1 aromatic carbocycles. The lowest BCUT2D eigenvalue weighted by atomic mass is 10.1. The number of benzene rings is 1. The summed E-state index contributed by atoms with van der Waals surface area (Å²) in [4.78, 5) is 18.8. The number of carbonyl (C=O) groups excluding carboxylic acids is 1. The molecule has 2 aromatic rings. The maximum atomic E-state index is 12.9. The van der Waals surface area contributed by atoms with Crippen molar-refractivity contribution in [2.75, 3.05) is 27.4 Å². The van der Waals surface area contributed by atoms with Crippen molar-refractivity contribution in [2.45, 2.75) is 13.0 Å². The Bertz CT molecular complexity index is 716. The van der Waals surface area contributed by atoms with Gasteiger partial charge in [-0.25, -0.2) is 0 Å². The Balaban J connectivity index is 1.89. The van der Waals surface area contributed by atoms with Crippen LogP contribution in [0.25, 0.3) is 0 Å². The highest BCUT2D eigenvalue weighted by Gasteiger charge is 2.25. The predicted octanol–water partition coefficient (Wildman–Crippen LogP) is 2.69. The fourth-order valence-electron chi connectivity index (χ4n) is 2.60. The first-order chi connectivity index (χ1) is 11.6. The molecule has 1 unspecified atom stereocenters. The molecule has 1 aromatic heterocycles. The van der Waals surface area contributed by atoms with Crippen molar-refractivity contribution in [1.82, 2.24) is 9.88 Å². The average Bonchev–Trinajstić information content (AvgIpc) is 2.65. The lowest BCUT2D eigenvalue weighted by Gasteiger charge is -2.26. The number of hydrogen-bond donors (Lipinski definition) is 0. The summed E-state index contributed by atoms with van der Waals surface area (Å²) in [7, 11) is 3.30. The van der Waals surface area contributed by atoms with E-state index in [1.165, 1.54) is 0 Å². The largest absolute Gasteiger partial charge is 0.493 e. The summed E-state index contributed by atoms with van der Waals surface area (Å²) in [6, 6.07) is 8.88. The summed E-state index contributed by atoms with van der Waals surface area (Å²) >= 11 is 0. The van der Waals surface area contributed by atoms with Crippen LogP contribution in [0.3, 0.4) is 0 Å². The van der Waals surface area contributed by atoms with Gasteiger partial charge in [-0.1, -0.05) is 6.07 Å². The molecule has 0 radical (unpaired) electrons. The van der Waals surface area contributed by atoms with Gasteiger partial charge in [-0.05, 0) is 31.2 Å². The molecule has 0 bridgehead atoms. The van der Waals surface area contributed by atoms with E-state index in [4.69, 9.17) is 14.2 Å².